The molecule has 1 atom stereocenters. The van der Waals surface area contributed by atoms with Crippen LogP contribution < -0.4 is 10.1 Å². The summed E-state index contributed by atoms with van der Waals surface area (Å²) in [5, 5.41) is 2.51. The smallest absolute Gasteiger partial charge is 0.134 e. The van der Waals surface area contributed by atoms with Gasteiger partial charge in [0, 0.05) is 12.0 Å². The molecule has 2 aliphatic rings. The van der Waals surface area contributed by atoms with Gasteiger partial charge in [-0.25, -0.2) is 0 Å². The fraction of sp³-hybridized carbons (Fsp3) is 0.500. The zero-order valence-electron chi connectivity index (χ0n) is 11.1. The molecule has 2 N–H and O–H groups in total. The summed E-state index contributed by atoms with van der Waals surface area (Å²) < 4.78 is 5.24. The minimum atomic E-state index is 0.569. The molecule has 0 aromatic heterocycles. The standard InChI is InChI=1S/C16H21NO/c1-18-14-8-6-13(7-9-14)16-15-5-3-2-4-12(15)10-11-17-16/h6-9,16-17H,2-5,10-11H2,1H3/p+1/t16-/m1/s1. The van der Waals surface area contributed by atoms with Crippen molar-refractivity contribution < 1.29 is 10.1 Å². The van der Waals surface area contributed by atoms with E-state index in [1.807, 2.05) is 0 Å². The van der Waals surface area contributed by atoms with E-state index in [2.05, 4.69) is 29.6 Å². The Morgan fingerprint density at radius 3 is 2.61 bits per heavy atom. The maximum atomic E-state index is 5.24. The van der Waals surface area contributed by atoms with Gasteiger partial charge in [0.25, 0.3) is 0 Å². The minimum Gasteiger partial charge on any atom is -0.497 e. The Labute approximate surface area is 109 Å². The average molecular weight is 244 g/mol. The Hall–Kier alpha value is -1.28. The maximum absolute atomic E-state index is 5.24. The third-order valence-electron chi connectivity index (χ3n) is 4.33. The summed E-state index contributed by atoms with van der Waals surface area (Å²) in [6.07, 6.45) is 6.73. The number of methoxy groups -OCH3 is 1. The van der Waals surface area contributed by atoms with Crippen LogP contribution in [0.5, 0.6) is 5.75 Å². The van der Waals surface area contributed by atoms with Crippen molar-refractivity contribution in [3.8, 4) is 5.75 Å². The molecule has 0 amide bonds. The first-order valence-electron chi connectivity index (χ1n) is 7.06. The molecular formula is C16H22NO+. The van der Waals surface area contributed by atoms with Crippen molar-refractivity contribution >= 4 is 0 Å². The summed E-state index contributed by atoms with van der Waals surface area (Å²) in [7, 11) is 1.73. The molecule has 1 heterocycles. The molecule has 1 aromatic carbocycles. The molecule has 0 bridgehead atoms. The van der Waals surface area contributed by atoms with Crippen molar-refractivity contribution in [1.82, 2.24) is 0 Å². The number of ether oxygens (including phenoxy) is 1. The average Bonchev–Trinajstić information content (AvgIpc) is 2.47. The zero-order chi connectivity index (χ0) is 12.4. The van der Waals surface area contributed by atoms with Gasteiger partial charge in [-0.1, -0.05) is 5.57 Å². The van der Waals surface area contributed by atoms with Crippen LogP contribution in [0.2, 0.25) is 0 Å². The Morgan fingerprint density at radius 1 is 1.06 bits per heavy atom. The molecule has 96 valence electrons. The van der Waals surface area contributed by atoms with E-state index in [1.165, 1.54) is 44.2 Å². The van der Waals surface area contributed by atoms with Gasteiger partial charge in [0.05, 0.1) is 13.7 Å². The van der Waals surface area contributed by atoms with Crippen molar-refractivity contribution in [2.75, 3.05) is 13.7 Å². The van der Waals surface area contributed by atoms with E-state index in [4.69, 9.17) is 4.74 Å². The molecule has 18 heavy (non-hydrogen) atoms. The van der Waals surface area contributed by atoms with E-state index in [9.17, 15) is 0 Å². The van der Waals surface area contributed by atoms with E-state index in [-0.39, 0.29) is 0 Å². The predicted octanol–water partition coefficient (Wildman–Crippen LogP) is 2.57. The molecular weight excluding hydrogens is 222 g/mol. The number of hydrogen-bond donors (Lipinski definition) is 1. The van der Waals surface area contributed by atoms with Crippen LogP contribution in [0.25, 0.3) is 0 Å². The molecule has 2 nitrogen and oxygen atoms in total. The van der Waals surface area contributed by atoms with Crippen LogP contribution in [0.4, 0.5) is 0 Å². The Balaban J connectivity index is 1.89. The van der Waals surface area contributed by atoms with Crippen molar-refractivity contribution in [3.63, 3.8) is 0 Å². The monoisotopic (exact) mass is 244 g/mol. The Morgan fingerprint density at radius 2 is 1.83 bits per heavy atom. The number of hydrogen-bond acceptors (Lipinski definition) is 1. The minimum absolute atomic E-state index is 0.569. The molecule has 0 radical (unpaired) electrons. The van der Waals surface area contributed by atoms with Crippen LogP contribution >= 0.6 is 0 Å². The van der Waals surface area contributed by atoms with Gasteiger partial charge in [-0.3, -0.25) is 0 Å². The van der Waals surface area contributed by atoms with E-state index in [1.54, 1.807) is 18.3 Å². The molecule has 3 rings (SSSR count). The fourth-order valence-corrected chi connectivity index (χ4v) is 3.37. The number of benzene rings is 1. The van der Waals surface area contributed by atoms with Crippen molar-refractivity contribution in [3.05, 3.63) is 41.0 Å². The van der Waals surface area contributed by atoms with Gasteiger partial charge < -0.3 is 10.1 Å². The summed E-state index contributed by atoms with van der Waals surface area (Å²) in [5.74, 6) is 0.951. The van der Waals surface area contributed by atoms with E-state index < -0.39 is 0 Å². The molecule has 1 aliphatic carbocycles. The van der Waals surface area contributed by atoms with Crippen LogP contribution in [-0.4, -0.2) is 13.7 Å². The van der Waals surface area contributed by atoms with Gasteiger partial charge in [0.2, 0.25) is 0 Å². The highest BCUT2D eigenvalue weighted by molar-refractivity contribution is 5.34. The van der Waals surface area contributed by atoms with Crippen molar-refractivity contribution in [1.29, 1.82) is 0 Å². The second kappa shape index (κ2) is 5.15. The topological polar surface area (TPSA) is 25.8 Å². The van der Waals surface area contributed by atoms with Gasteiger partial charge in [-0.2, -0.15) is 0 Å². The van der Waals surface area contributed by atoms with Crippen LogP contribution in [0.1, 0.15) is 43.7 Å². The third-order valence-corrected chi connectivity index (χ3v) is 4.33. The normalized spacial score (nSPS) is 23.7. The largest absolute Gasteiger partial charge is 0.497 e. The second-order valence-electron chi connectivity index (χ2n) is 5.36. The van der Waals surface area contributed by atoms with Crippen molar-refractivity contribution in [2.24, 2.45) is 0 Å². The summed E-state index contributed by atoms with van der Waals surface area (Å²) in [4.78, 5) is 0. The van der Waals surface area contributed by atoms with Crippen LogP contribution in [0.15, 0.2) is 35.4 Å². The Bertz CT molecular complexity index is 443. The molecule has 0 saturated heterocycles. The molecule has 0 unspecified atom stereocenters. The first kappa shape index (κ1) is 11.8. The quantitative estimate of drug-likeness (QED) is 0.795. The van der Waals surface area contributed by atoms with Gasteiger partial charge in [-0.05, 0) is 55.5 Å². The lowest BCUT2D eigenvalue weighted by molar-refractivity contribution is -0.690. The summed E-state index contributed by atoms with van der Waals surface area (Å²) in [6, 6.07) is 9.19. The van der Waals surface area contributed by atoms with E-state index in [0.29, 0.717) is 6.04 Å². The SMILES string of the molecule is COc1ccc([C@H]2[NH2+]CCC3=C2CCCC3)cc1. The highest BCUT2D eigenvalue weighted by Gasteiger charge is 2.28. The second-order valence-corrected chi connectivity index (χ2v) is 5.36. The van der Waals surface area contributed by atoms with Gasteiger partial charge in [0.15, 0.2) is 0 Å². The summed E-state index contributed by atoms with van der Waals surface area (Å²) in [5.41, 5.74) is 4.91. The van der Waals surface area contributed by atoms with E-state index in [0.717, 1.165) is 5.75 Å². The first-order chi connectivity index (χ1) is 8.88. The van der Waals surface area contributed by atoms with Gasteiger partial charge >= 0.3 is 0 Å². The lowest BCUT2D eigenvalue weighted by atomic mass is 9.81. The lowest BCUT2D eigenvalue weighted by Crippen LogP contribution is -2.87. The highest BCUT2D eigenvalue weighted by Crippen LogP contribution is 2.35. The molecule has 2 heteroatoms. The summed E-state index contributed by atoms with van der Waals surface area (Å²) >= 11 is 0. The first-order valence-corrected chi connectivity index (χ1v) is 7.06. The molecule has 1 aliphatic heterocycles. The maximum Gasteiger partial charge on any atom is 0.134 e. The Kier molecular flexibility index (Phi) is 3.37. The van der Waals surface area contributed by atoms with Crippen molar-refractivity contribution in [2.45, 2.75) is 38.1 Å². The summed E-state index contributed by atoms with van der Waals surface area (Å²) in [6.45, 7) is 1.25. The number of quaternary nitrogens is 1. The zero-order valence-corrected chi connectivity index (χ0v) is 11.1. The predicted molar refractivity (Wildman–Crippen MR) is 72.6 cm³/mol. The fourth-order valence-electron chi connectivity index (χ4n) is 3.37. The number of rotatable bonds is 2. The van der Waals surface area contributed by atoms with Gasteiger partial charge in [-0.15, -0.1) is 0 Å². The van der Waals surface area contributed by atoms with Gasteiger partial charge in [0.1, 0.15) is 11.8 Å². The van der Waals surface area contributed by atoms with Crippen LogP contribution in [0, 0.1) is 0 Å². The molecule has 0 spiro atoms. The van der Waals surface area contributed by atoms with E-state index >= 15 is 0 Å². The molecule has 0 saturated carbocycles. The third kappa shape index (κ3) is 2.17. The number of nitrogens with two attached hydrogens (primary N) is 1. The molecule has 1 aromatic rings. The van der Waals surface area contributed by atoms with Crippen LogP contribution in [-0.2, 0) is 0 Å². The molecule has 0 fully saturated rings. The van der Waals surface area contributed by atoms with Crippen LogP contribution in [0.3, 0.4) is 0 Å². The highest BCUT2D eigenvalue weighted by atomic mass is 16.5. The lowest BCUT2D eigenvalue weighted by Gasteiger charge is -2.30.